The molecule has 3 aliphatic rings. The zero-order valence-electron chi connectivity index (χ0n) is 35.1. The number of piperidine rings is 1. The fourth-order valence-electron chi connectivity index (χ4n) is 8.37. The monoisotopic (exact) mass is 928 g/mol. The molecule has 1 aliphatic carbocycles. The number of nitrogens with zero attached hydrogens (tertiary/aromatic N) is 4. The summed E-state index contributed by atoms with van der Waals surface area (Å²) in [5.74, 6) is -1.84. The Hall–Kier alpha value is -4.87. The lowest BCUT2D eigenvalue weighted by atomic mass is 9.72. The summed E-state index contributed by atoms with van der Waals surface area (Å²) in [5.41, 5.74) is 2.81. The van der Waals surface area contributed by atoms with Crippen LogP contribution in [0.25, 0.3) is 5.57 Å². The van der Waals surface area contributed by atoms with Crippen LogP contribution < -0.4 is 19.7 Å². The third-order valence-corrected chi connectivity index (χ3v) is 14.0. The molecule has 0 spiro atoms. The van der Waals surface area contributed by atoms with Crippen molar-refractivity contribution in [3.63, 3.8) is 0 Å². The standard InChI is InChI=1S/C45H49Cl2F3N6O6S/c1-44(2)18-15-30(36(27-44)29-7-9-31(46)10-8-29)28-54-21-23-55(24-22-54)33-11-13-35(41(25-33)62-40-6-4-5-37(42(40)47)45(48,49)50)43(57)52-63(60,61)34-12-14-38(39(26-34)56(58)59)51-32-16-19-53(3)20-17-32/h4-14,25-26,32,51H,15-24,27-28H2,1-3H3,(H,52,57). The lowest BCUT2D eigenvalue weighted by molar-refractivity contribution is -0.384. The molecule has 7 rings (SSSR count). The van der Waals surface area contributed by atoms with Gasteiger partial charge < -0.3 is 19.9 Å². The minimum atomic E-state index is -4.81. The zero-order chi connectivity index (χ0) is 45.3. The molecule has 2 N–H and O–H groups in total. The SMILES string of the molecule is CN1CCC(Nc2ccc(S(=O)(=O)NC(=O)c3ccc(N4CCN(CC5=C(c6ccc(Cl)cc6)CC(C)(C)CC5)CC4)cc3Oc3cccc(C(F)(F)F)c3Cl)cc2[N+](=O)[O-])CC1. The number of nitro groups is 1. The lowest BCUT2D eigenvalue weighted by Gasteiger charge is -2.39. The molecule has 2 saturated heterocycles. The second-order valence-electron chi connectivity index (χ2n) is 17.2. The minimum absolute atomic E-state index is 0.0568. The minimum Gasteiger partial charge on any atom is -0.455 e. The van der Waals surface area contributed by atoms with Gasteiger partial charge in [-0.2, -0.15) is 13.2 Å². The van der Waals surface area contributed by atoms with Gasteiger partial charge in [0, 0.05) is 61.6 Å². The summed E-state index contributed by atoms with van der Waals surface area (Å²) in [7, 11) is -2.74. The van der Waals surface area contributed by atoms with E-state index in [9.17, 15) is 36.5 Å². The molecule has 0 radical (unpaired) electrons. The number of ether oxygens (including phenoxy) is 1. The van der Waals surface area contributed by atoms with Gasteiger partial charge in [-0.1, -0.05) is 60.8 Å². The van der Waals surface area contributed by atoms with E-state index in [0.717, 1.165) is 76.0 Å². The highest BCUT2D eigenvalue weighted by Gasteiger charge is 2.35. The van der Waals surface area contributed by atoms with Crippen LogP contribution in [0.2, 0.25) is 10.0 Å². The van der Waals surface area contributed by atoms with Crippen LogP contribution in [0.5, 0.6) is 11.5 Å². The molecule has 336 valence electrons. The van der Waals surface area contributed by atoms with Crippen LogP contribution >= 0.6 is 23.2 Å². The van der Waals surface area contributed by atoms with Gasteiger partial charge in [-0.15, -0.1) is 0 Å². The van der Waals surface area contributed by atoms with Gasteiger partial charge >= 0.3 is 6.18 Å². The summed E-state index contributed by atoms with van der Waals surface area (Å²) in [5, 5.41) is 15.2. The number of sulfonamides is 1. The Kier molecular flexibility index (Phi) is 13.7. The van der Waals surface area contributed by atoms with Crippen LogP contribution in [0.1, 0.15) is 67.4 Å². The largest absolute Gasteiger partial charge is 0.455 e. The number of halogens is 5. The molecule has 0 atom stereocenters. The third-order valence-electron chi connectivity index (χ3n) is 12.0. The highest BCUT2D eigenvalue weighted by Crippen LogP contribution is 2.44. The number of alkyl halides is 3. The number of likely N-dealkylation sites (tertiary alicyclic amines) is 1. The average molecular weight is 930 g/mol. The molecule has 0 saturated carbocycles. The van der Waals surface area contributed by atoms with E-state index in [0.29, 0.717) is 36.9 Å². The number of carbonyl (C=O) groups is 1. The topological polar surface area (TPSA) is 137 Å². The van der Waals surface area contributed by atoms with E-state index in [-0.39, 0.29) is 28.5 Å². The first-order valence-corrected chi connectivity index (χ1v) is 22.9. The quantitative estimate of drug-likeness (QED) is 0.104. The van der Waals surface area contributed by atoms with Crippen molar-refractivity contribution in [3.05, 3.63) is 121 Å². The predicted molar refractivity (Wildman–Crippen MR) is 240 cm³/mol. The van der Waals surface area contributed by atoms with Crippen LogP contribution in [-0.4, -0.2) is 88.0 Å². The second kappa shape index (κ2) is 18.7. The fraction of sp³-hybridized carbons (Fsp3) is 0.400. The Morgan fingerprint density at radius 3 is 2.30 bits per heavy atom. The smallest absolute Gasteiger partial charge is 0.417 e. The molecular formula is C45H49Cl2F3N6O6S. The van der Waals surface area contributed by atoms with E-state index in [2.05, 4.69) is 41.1 Å². The molecule has 0 bridgehead atoms. The van der Waals surface area contributed by atoms with E-state index in [4.69, 9.17) is 27.9 Å². The summed E-state index contributed by atoms with van der Waals surface area (Å²) in [6.07, 6.45) is -0.348. The van der Waals surface area contributed by atoms with Crippen LogP contribution in [0.3, 0.4) is 0 Å². The molecule has 4 aromatic rings. The van der Waals surface area contributed by atoms with Gasteiger partial charge in [0.2, 0.25) is 0 Å². The van der Waals surface area contributed by atoms with Gasteiger partial charge in [0.15, 0.2) is 0 Å². The van der Waals surface area contributed by atoms with Crippen molar-refractivity contribution in [1.82, 2.24) is 14.5 Å². The maximum Gasteiger partial charge on any atom is 0.417 e. The molecular weight excluding hydrogens is 880 g/mol. The predicted octanol–water partition coefficient (Wildman–Crippen LogP) is 10.1. The number of nitrogens with one attached hydrogen (secondary N) is 2. The average Bonchev–Trinajstić information content (AvgIpc) is 3.23. The molecule has 4 aromatic carbocycles. The lowest BCUT2D eigenvalue weighted by Crippen LogP contribution is -2.47. The number of piperazine rings is 1. The van der Waals surface area contributed by atoms with Crippen molar-refractivity contribution in [2.24, 2.45) is 5.41 Å². The molecule has 1 amide bonds. The van der Waals surface area contributed by atoms with Gasteiger partial charge in [0.25, 0.3) is 21.6 Å². The van der Waals surface area contributed by atoms with Crippen molar-refractivity contribution in [2.45, 2.75) is 63.1 Å². The van der Waals surface area contributed by atoms with Crippen LogP contribution in [0.4, 0.5) is 30.2 Å². The molecule has 2 heterocycles. The molecule has 2 aliphatic heterocycles. The highest BCUT2D eigenvalue weighted by atomic mass is 35.5. The van der Waals surface area contributed by atoms with Crippen LogP contribution in [0.15, 0.2) is 89.3 Å². The third kappa shape index (κ3) is 11.1. The molecule has 0 unspecified atom stereocenters. The van der Waals surface area contributed by atoms with Gasteiger partial charge in [-0.25, -0.2) is 13.1 Å². The molecule has 63 heavy (non-hydrogen) atoms. The summed E-state index contributed by atoms with van der Waals surface area (Å²) in [6, 6.07) is 18.7. The summed E-state index contributed by atoms with van der Waals surface area (Å²) < 4.78 is 76.8. The van der Waals surface area contributed by atoms with Crippen LogP contribution in [0, 0.1) is 15.5 Å². The zero-order valence-corrected chi connectivity index (χ0v) is 37.4. The van der Waals surface area contributed by atoms with Crippen molar-refractivity contribution in [3.8, 4) is 11.5 Å². The van der Waals surface area contributed by atoms with Gasteiger partial charge in [-0.05, 0) is 117 Å². The fourth-order valence-corrected chi connectivity index (χ4v) is 9.75. The summed E-state index contributed by atoms with van der Waals surface area (Å²) in [6.45, 7) is 9.46. The maximum atomic E-state index is 13.9. The number of anilines is 2. The normalized spacial score (nSPS) is 18.0. The number of benzene rings is 4. The Balaban J connectivity index is 1.13. The van der Waals surface area contributed by atoms with Crippen molar-refractivity contribution in [1.29, 1.82) is 0 Å². The number of amides is 1. The molecule has 12 nitrogen and oxygen atoms in total. The van der Waals surface area contributed by atoms with Gasteiger partial charge in [0.1, 0.15) is 17.2 Å². The number of rotatable bonds is 12. The van der Waals surface area contributed by atoms with Crippen molar-refractivity contribution >= 4 is 61.8 Å². The Morgan fingerprint density at radius 1 is 0.937 bits per heavy atom. The van der Waals surface area contributed by atoms with Crippen LogP contribution in [-0.2, 0) is 16.2 Å². The van der Waals surface area contributed by atoms with Crippen molar-refractivity contribution in [2.75, 3.05) is 63.1 Å². The Bertz CT molecular complexity index is 2510. The van der Waals surface area contributed by atoms with E-state index < -0.39 is 53.9 Å². The molecule has 0 aromatic heterocycles. The molecule has 18 heteroatoms. The first kappa shape index (κ1) is 46.1. The first-order chi connectivity index (χ1) is 29.8. The highest BCUT2D eigenvalue weighted by molar-refractivity contribution is 7.90. The number of nitro benzene ring substituents is 1. The summed E-state index contributed by atoms with van der Waals surface area (Å²) >= 11 is 12.4. The second-order valence-corrected chi connectivity index (χ2v) is 19.7. The number of hydrogen-bond donors (Lipinski definition) is 2. The number of allylic oxidation sites excluding steroid dienone is 1. The Labute approximate surface area is 375 Å². The first-order valence-electron chi connectivity index (χ1n) is 20.7. The van der Waals surface area contributed by atoms with Gasteiger partial charge in [-0.3, -0.25) is 19.8 Å². The maximum absolute atomic E-state index is 13.9. The number of hydrogen-bond acceptors (Lipinski definition) is 10. The summed E-state index contributed by atoms with van der Waals surface area (Å²) in [4.78, 5) is 31.3. The number of carbonyl (C=O) groups excluding carboxylic acids is 1. The molecule has 2 fully saturated rings. The van der Waals surface area contributed by atoms with E-state index in [1.165, 1.54) is 41.0 Å². The van der Waals surface area contributed by atoms with E-state index in [1.807, 2.05) is 28.8 Å². The van der Waals surface area contributed by atoms with Gasteiger partial charge in [0.05, 0.1) is 26.0 Å². The van der Waals surface area contributed by atoms with E-state index >= 15 is 0 Å². The van der Waals surface area contributed by atoms with Crippen molar-refractivity contribution < 1.29 is 36.0 Å². The Morgan fingerprint density at radius 2 is 1.63 bits per heavy atom. The van der Waals surface area contributed by atoms with E-state index in [1.54, 1.807) is 6.07 Å².